The summed E-state index contributed by atoms with van der Waals surface area (Å²) in [6.07, 6.45) is 4.06. The summed E-state index contributed by atoms with van der Waals surface area (Å²) in [7, 11) is 0. The lowest BCUT2D eigenvalue weighted by Crippen LogP contribution is -2.54. The molecule has 3 amide bonds. The van der Waals surface area contributed by atoms with Crippen LogP contribution in [-0.4, -0.2) is 63.4 Å². The molecule has 2 heterocycles. The van der Waals surface area contributed by atoms with Gasteiger partial charge in [-0.25, -0.2) is 4.79 Å². The van der Waals surface area contributed by atoms with Crippen molar-refractivity contribution in [3.8, 4) is 0 Å². The second-order valence-electron chi connectivity index (χ2n) is 10.7. The van der Waals surface area contributed by atoms with Crippen LogP contribution in [0.5, 0.6) is 0 Å². The monoisotopic (exact) mass is 594 g/mol. The predicted octanol–water partition coefficient (Wildman–Crippen LogP) is 2.17. The maximum Gasteiger partial charge on any atom is 0.326 e. The highest BCUT2D eigenvalue weighted by Crippen LogP contribution is 2.20. The zero-order valence-electron chi connectivity index (χ0n) is 23.9. The molecule has 0 aliphatic carbocycles. The molecule has 0 saturated heterocycles. The number of benzene rings is 3. The Labute approximate surface area is 253 Å². The third kappa shape index (κ3) is 7.31. The molecule has 0 radical (unpaired) electrons. The first-order chi connectivity index (χ1) is 21.3. The Hall–Kier alpha value is -5.42. The smallest absolute Gasteiger partial charge is 0.326 e. The number of carbonyl (C=O) groups is 4. The van der Waals surface area contributed by atoms with Gasteiger partial charge in [0.15, 0.2) is 0 Å². The molecule has 0 aliphatic rings. The second-order valence-corrected chi connectivity index (χ2v) is 10.7. The number of carbonyl (C=O) groups excluding carboxylic acids is 3. The average molecular weight is 595 g/mol. The quantitative estimate of drug-likeness (QED) is 0.110. The molecule has 0 saturated carbocycles. The molecule has 11 nitrogen and oxygen atoms in total. The average Bonchev–Trinajstić information content (AvgIpc) is 3.63. The number of carboxylic acid groups (broad SMARTS) is 1. The molecular weight excluding hydrogens is 560 g/mol. The number of hydrogen-bond acceptors (Lipinski definition) is 5. The van der Waals surface area contributed by atoms with E-state index in [-0.39, 0.29) is 19.3 Å². The van der Waals surface area contributed by atoms with E-state index in [0.29, 0.717) is 0 Å². The van der Waals surface area contributed by atoms with Crippen LogP contribution in [0.15, 0.2) is 91.3 Å². The van der Waals surface area contributed by atoms with Gasteiger partial charge in [0, 0.05) is 47.0 Å². The fraction of sp³-hybridized carbons (Fsp3) is 0.212. The molecule has 0 spiro atoms. The molecule has 3 atom stereocenters. The standard InChI is InChI=1S/C33H34N6O5/c34-25(15-21-17-35-26-12-6-4-10-23(21)26)31(41)39-28(16-22-18-36-27-13-7-5-11-24(22)27)32(42)37-19-30(40)38-29(33(43)44)14-20-8-2-1-3-9-20/h1-13,17-18,25,28-29,35-36H,14-16,19,34H2,(H,37,42)(H,38,40)(H,39,41)(H,43,44)/t25-,28-,29-/m0/s1. The Kier molecular flexibility index (Phi) is 9.36. The van der Waals surface area contributed by atoms with Gasteiger partial charge in [-0.15, -0.1) is 0 Å². The lowest BCUT2D eigenvalue weighted by atomic mass is 10.0. The number of hydrogen-bond donors (Lipinski definition) is 7. The van der Waals surface area contributed by atoms with Gasteiger partial charge in [-0.3, -0.25) is 14.4 Å². The van der Waals surface area contributed by atoms with Gasteiger partial charge in [-0.05, 0) is 35.2 Å². The first kappa shape index (κ1) is 30.1. The van der Waals surface area contributed by atoms with E-state index in [9.17, 15) is 24.3 Å². The minimum Gasteiger partial charge on any atom is -0.480 e. The molecule has 44 heavy (non-hydrogen) atoms. The number of aromatic amines is 2. The molecule has 11 heteroatoms. The van der Waals surface area contributed by atoms with Crippen molar-refractivity contribution in [1.29, 1.82) is 0 Å². The number of fused-ring (bicyclic) bond motifs is 2. The van der Waals surface area contributed by atoms with Gasteiger partial charge in [-0.1, -0.05) is 66.7 Å². The van der Waals surface area contributed by atoms with Crippen LogP contribution >= 0.6 is 0 Å². The summed E-state index contributed by atoms with van der Waals surface area (Å²) in [5, 5.41) is 19.2. The molecule has 0 fully saturated rings. The normalized spacial score (nSPS) is 13.2. The Bertz CT molecular complexity index is 1780. The maximum absolute atomic E-state index is 13.4. The highest BCUT2D eigenvalue weighted by Gasteiger charge is 2.27. The van der Waals surface area contributed by atoms with Crippen molar-refractivity contribution < 1.29 is 24.3 Å². The molecule has 3 aromatic carbocycles. The van der Waals surface area contributed by atoms with Crippen LogP contribution in [0.4, 0.5) is 0 Å². The number of aromatic nitrogens is 2. The molecule has 0 aliphatic heterocycles. The Morgan fingerprint density at radius 3 is 1.86 bits per heavy atom. The number of H-pyrrole nitrogens is 2. The molecule has 5 rings (SSSR count). The molecule has 226 valence electrons. The number of rotatable bonds is 13. The maximum atomic E-state index is 13.4. The largest absolute Gasteiger partial charge is 0.480 e. The first-order valence-corrected chi connectivity index (χ1v) is 14.3. The van der Waals surface area contributed by atoms with Crippen LogP contribution < -0.4 is 21.7 Å². The first-order valence-electron chi connectivity index (χ1n) is 14.3. The predicted molar refractivity (Wildman–Crippen MR) is 167 cm³/mol. The van der Waals surface area contributed by atoms with Gasteiger partial charge >= 0.3 is 5.97 Å². The van der Waals surface area contributed by atoms with E-state index in [2.05, 4.69) is 25.9 Å². The summed E-state index contributed by atoms with van der Waals surface area (Å²) in [5.41, 5.74) is 10.5. The van der Waals surface area contributed by atoms with E-state index < -0.39 is 48.4 Å². The van der Waals surface area contributed by atoms with E-state index >= 15 is 0 Å². The molecule has 8 N–H and O–H groups in total. The van der Waals surface area contributed by atoms with Crippen LogP contribution in [0.2, 0.25) is 0 Å². The summed E-state index contributed by atoms with van der Waals surface area (Å²) in [6.45, 7) is -0.473. The van der Waals surface area contributed by atoms with Crippen molar-refractivity contribution in [1.82, 2.24) is 25.9 Å². The second kappa shape index (κ2) is 13.7. The summed E-state index contributed by atoms with van der Waals surface area (Å²) in [5.74, 6) is -2.99. The summed E-state index contributed by atoms with van der Waals surface area (Å²) in [4.78, 5) is 57.4. The zero-order valence-corrected chi connectivity index (χ0v) is 23.9. The van der Waals surface area contributed by atoms with Crippen molar-refractivity contribution in [3.05, 3.63) is 108 Å². The lowest BCUT2D eigenvalue weighted by Gasteiger charge is -2.21. The number of carboxylic acids is 1. The van der Waals surface area contributed by atoms with Gasteiger partial charge in [0.2, 0.25) is 17.7 Å². The van der Waals surface area contributed by atoms with E-state index in [1.165, 1.54) is 0 Å². The molecule has 0 unspecified atom stereocenters. The fourth-order valence-electron chi connectivity index (χ4n) is 5.22. The summed E-state index contributed by atoms with van der Waals surface area (Å²) >= 11 is 0. The van der Waals surface area contributed by atoms with Crippen molar-refractivity contribution in [2.75, 3.05) is 6.54 Å². The van der Waals surface area contributed by atoms with Crippen molar-refractivity contribution in [2.45, 2.75) is 37.4 Å². The van der Waals surface area contributed by atoms with Gasteiger partial charge < -0.3 is 36.8 Å². The third-order valence-electron chi connectivity index (χ3n) is 7.52. The van der Waals surface area contributed by atoms with Crippen LogP contribution in [0.1, 0.15) is 16.7 Å². The number of para-hydroxylation sites is 2. The Balaban J connectivity index is 1.26. The van der Waals surface area contributed by atoms with Crippen LogP contribution in [-0.2, 0) is 38.4 Å². The van der Waals surface area contributed by atoms with E-state index in [1.54, 1.807) is 30.5 Å². The third-order valence-corrected chi connectivity index (χ3v) is 7.52. The molecule has 5 aromatic rings. The zero-order chi connectivity index (χ0) is 31.1. The fourth-order valence-corrected chi connectivity index (χ4v) is 5.22. The van der Waals surface area contributed by atoms with E-state index in [4.69, 9.17) is 5.73 Å². The van der Waals surface area contributed by atoms with E-state index in [0.717, 1.165) is 38.5 Å². The summed E-state index contributed by atoms with van der Waals surface area (Å²) < 4.78 is 0. The Morgan fingerprint density at radius 2 is 1.25 bits per heavy atom. The minimum absolute atomic E-state index is 0.0867. The van der Waals surface area contributed by atoms with Gasteiger partial charge in [-0.2, -0.15) is 0 Å². The molecule has 0 bridgehead atoms. The number of aliphatic carboxylic acids is 1. The number of amides is 3. The number of nitrogens with one attached hydrogen (secondary N) is 5. The molecule has 2 aromatic heterocycles. The Morgan fingerprint density at radius 1 is 0.682 bits per heavy atom. The van der Waals surface area contributed by atoms with Crippen molar-refractivity contribution in [2.24, 2.45) is 5.73 Å². The van der Waals surface area contributed by atoms with Crippen molar-refractivity contribution in [3.63, 3.8) is 0 Å². The highest BCUT2D eigenvalue weighted by atomic mass is 16.4. The number of nitrogens with two attached hydrogens (primary N) is 1. The minimum atomic E-state index is -1.19. The topological polar surface area (TPSA) is 182 Å². The summed E-state index contributed by atoms with van der Waals surface area (Å²) in [6, 6.07) is 21.0. The van der Waals surface area contributed by atoms with E-state index in [1.807, 2.05) is 60.8 Å². The SMILES string of the molecule is N[C@@H](Cc1c[nH]c2ccccc12)C(=O)N[C@@H](Cc1c[nH]c2ccccc12)C(=O)NCC(=O)N[C@@H](Cc1ccccc1)C(=O)O. The molecular formula is C33H34N6O5. The van der Waals surface area contributed by atoms with Crippen molar-refractivity contribution >= 4 is 45.5 Å². The van der Waals surface area contributed by atoms with Crippen LogP contribution in [0.3, 0.4) is 0 Å². The van der Waals surface area contributed by atoms with Gasteiger partial charge in [0.05, 0.1) is 12.6 Å². The van der Waals surface area contributed by atoms with Gasteiger partial charge in [0.1, 0.15) is 12.1 Å². The van der Waals surface area contributed by atoms with Gasteiger partial charge in [0.25, 0.3) is 0 Å². The van der Waals surface area contributed by atoms with Crippen LogP contribution in [0.25, 0.3) is 21.8 Å². The van der Waals surface area contributed by atoms with Crippen LogP contribution in [0, 0.1) is 0 Å². The highest BCUT2D eigenvalue weighted by molar-refractivity contribution is 5.94. The lowest BCUT2D eigenvalue weighted by molar-refractivity contribution is -0.141.